The molecule has 1 saturated heterocycles. The quantitative estimate of drug-likeness (QED) is 0.475. The Labute approximate surface area is 92.8 Å². The number of quaternary nitrogens is 1. The predicted molar refractivity (Wildman–Crippen MR) is 43.9 cm³/mol. The molecule has 0 aromatic rings. The smallest absolute Gasteiger partial charge is 0.0908 e. The van der Waals surface area contributed by atoms with Crippen LogP contribution in [0.15, 0.2) is 0 Å². The molecule has 6 heteroatoms. The van der Waals surface area contributed by atoms with E-state index in [1.165, 1.54) is 19.3 Å². The lowest BCUT2D eigenvalue weighted by atomic mass is 9.83. The van der Waals surface area contributed by atoms with Crippen LogP contribution < -0.4 is 24.0 Å². The minimum atomic E-state index is -4.94. The van der Waals surface area contributed by atoms with E-state index in [1.54, 1.807) is 0 Å². The Kier molecular flexibility index (Phi) is 4.98. The number of hydrogen-bond acceptors (Lipinski definition) is 4. The fourth-order valence-corrected chi connectivity index (χ4v) is 2.20. The van der Waals surface area contributed by atoms with E-state index in [-0.39, 0.29) is 0 Å². The molecule has 0 bridgehead atoms. The van der Waals surface area contributed by atoms with Crippen LogP contribution in [0.25, 0.3) is 0 Å². The summed E-state index contributed by atoms with van der Waals surface area (Å²) in [5.74, 6) is 0. The molecule has 0 aromatic heterocycles. The molecule has 0 atom stereocenters. The van der Waals surface area contributed by atoms with Gasteiger partial charge in [-0.05, 0) is 34.1 Å². The number of nitrogens with two attached hydrogens (primary N) is 1. The van der Waals surface area contributed by atoms with Gasteiger partial charge in [-0.25, -0.2) is 18.6 Å². The lowest BCUT2D eigenvalue weighted by molar-refractivity contribution is -2.00. The Balaban J connectivity index is 0.000000336. The zero-order valence-corrected chi connectivity index (χ0v) is 10.5. The molecule has 1 aliphatic rings. The Morgan fingerprint density at radius 3 is 1.27 bits per heavy atom. The van der Waals surface area contributed by atoms with Crippen molar-refractivity contribution in [3.05, 3.63) is 0 Å². The van der Waals surface area contributed by atoms with Gasteiger partial charge in [0.05, 0.1) is 11.1 Å². The zero-order chi connectivity index (χ0) is 12.3. The lowest BCUT2D eigenvalue weighted by Crippen LogP contribution is -3.04. The maximum atomic E-state index is 8.49. The Bertz CT molecular complexity index is 181. The molecule has 92 valence electrons. The molecule has 0 aliphatic carbocycles. The van der Waals surface area contributed by atoms with Gasteiger partial charge < -0.3 is 5.32 Å². The van der Waals surface area contributed by atoms with Gasteiger partial charge in [0.1, 0.15) is 0 Å². The number of rotatable bonds is 0. The Hall–Kier alpha value is 0.0900. The lowest BCUT2D eigenvalue weighted by Gasteiger charge is -2.38. The highest BCUT2D eigenvalue weighted by atomic mass is 35.7. The first-order chi connectivity index (χ1) is 6.41. The van der Waals surface area contributed by atoms with Crippen molar-refractivity contribution in [2.24, 2.45) is 0 Å². The van der Waals surface area contributed by atoms with Gasteiger partial charge in [0, 0.05) is 12.8 Å². The standard InChI is InChI=1S/C9H19N.ClHO4/c1-8(2)6-5-7-9(3,4)10-8;2-1(3,4)5/h10H,5-7H2,1-4H3;(H,2,3,4,5). The van der Waals surface area contributed by atoms with Crippen molar-refractivity contribution in [2.45, 2.75) is 58.0 Å². The van der Waals surface area contributed by atoms with Crippen LogP contribution in [0.5, 0.6) is 0 Å². The second kappa shape index (κ2) is 4.95. The molecule has 1 aliphatic heterocycles. The van der Waals surface area contributed by atoms with Crippen molar-refractivity contribution in [3.63, 3.8) is 0 Å². The SMILES string of the molecule is CC1(C)CCCC(C)(C)[NH2+]1.[O-][Cl+3]([O-])([O-])[O-]. The van der Waals surface area contributed by atoms with Crippen LogP contribution in [-0.4, -0.2) is 11.1 Å². The second-order valence-corrected chi connectivity index (χ2v) is 6.11. The summed E-state index contributed by atoms with van der Waals surface area (Å²) in [5.41, 5.74) is 0.976. The van der Waals surface area contributed by atoms with Gasteiger partial charge in [0.2, 0.25) is 0 Å². The van der Waals surface area contributed by atoms with Crippen molar-refractivity contribution in [1.29, 1.82) is 0 Å². The van der Waals surface area contributed by atoms with Crippen molar-refractivity contribution in [3.8, 4) is 0 Å². The summed E-state index contributed by atoms with van der Waals surface area (Å²) in [7, 11) is -4.94. The normalized spacial score (nSPS) is 24.0. The van der Waals surface area contributed by atoms with Crippen LogP contribution in [0.1, 0.15) is 47.0 Å². The zero-order valence-electron chi connectivity index (χ0n) is 9.71. The molecule has 5 nitrogen and oxygen atoms in total. The van der Waals surface area contributed by atoms with Crippen LogP contribution in [0, 0.1) is 10.2 Å². The summed E-state index contributed by atoms with van der Waals surface area (Å²) in [5, 5.41) is 2.52. The molecule has 15 heavy (non-hydrogen) atoms. The molecule has 0 radical (unpaired) electrons. The summed E-state index contributed by atoms with van der Waals surface area (Å²) >= 11 is 0. The van der Waals surface area contributed by atoms with Crippen molar-refractivity contribution >= 4 is 0 Å². The van der Waals surface area contributed by atoms with Gasteiger partial charge in [-0.1, -0.05) is 0 Å². The van der Waals surface area contributed by atoms with Crippen LogP contribution in [0.2, 0.25) is 0 Å². The van der Waals surface area contributed by atoms with Gasteiger partial charge in [-0.15, -0.1) is 10.2 Å². The highest BCUT2D eigenvalue weighted by molar-refractivity contribution is 4.77. The molecule has 0 amide bonds. The number of halogens is 1. The van der Waals surface area contributed by atoms with E-state index in [9.17, 15) is 0 Å². The van der Waals surface area contributed by atoms with Crippen molar-refractivity contribution < 1.29 is 34.2 Å². The first-order valence-electron chi connectivity index (χ1n) is 4.90. The summed E-state index contributed by atoms with van der Waals surface area (Å²) in [6.45, 7) is 9.36. The average Bonchev–Trinajstić information content (AvgIpc) is 1.74. The molecule has 1 heterocycles. The molecule has 2 N–H and O–H groups in total. The van der Waals surface area contributed by atoms with Crippen LogP contribution in [0.4, 0.5) is 0 Å². The summed E-state index contributed by atoms with van der Waals surface area (Å²) in [6, 6.07) is 0. The molecule has 0 saturated carbocycles. The first kappa shape index (κ1) is 15.1. The average molecular weight is 242 g/mol. The van der Waals surface area contributed by atoms with Crippen LogP contribution in [0.3, 0.4) is 0 Å². The second-order valence-electron chi connectivity index (χ2n) is 5.35. The molecule has 0 aromatic carbocycles. The third-order valence-corrected chi connectivity index (χ3v) is 2.42. The maximum Gasteiger partial charge on any atom is 0.0908 e. The highest BCUT2D eigenvalue weighted by Gasteiger charge is 2.35. The van der Waals surface area contributed by atoms with Gasteiger partial charge in [-0.2, -0.15) is 0 Å². The van der Waals surface area contributed by atoms with Gasteiger partial charge >= 0.3 is 0 Å². The van der Waals surface area contributed by atoms with Crippen molar-refractivity contribution in [1.82, 2.24) is 0 Å². The third kappa shape index (κ3) is 10.4. The topological polar surface area (TPSA) is 109 Å². The Morgan fingerprint density at radius 1 is 0.867 bits per heavy atom. The van der Waals surface area contributed by atoms with E-state index in [4.69, 9.17) is 18.6 Å². The molecule has 1 rings (SSSR count). The number of piperidine rings is 1. The summed E-state index contributed by atoms with van der Waals surface area (Å²) < 4.78 is 34.0. The fraction of sp³-hybridized carbons (Fsp3) is 1.00. The largest absolute Gasteiger partial charge is 0.337 e. The first-order valence-corrected chi connectivity index (χ1v) is 6.14. The predicted octanol–water partition coefficient (Wildman–Crippen LogP) is -3.47. The Morgan fingerprint density at radius 2 is 1.13 bits per heavy atom. The van der Waals surface area contributed by atoms with Crippen LogP contribution in [-0.2, 0) is 0 Å². The van der Waals surface area contributed by atoms with E-state index in [1.807, 2.05) is 0 Å². The minimum absolute atomic E-state index is 0.488. The van der Waals surface area contributed by atoms with Gasteiger partial charge in [0.15, 0.2) is 0 Å². The van der Waals surface area contributed by atoms with Gasteiger partial charge in [-0.3, -0.25) is 0 Å². The van der Waals surface area contributed by atoms with E-state index in [0.717, 1.165) is 0 Å². The molecule has 0 spiro atoms. The summed E-state index contributed by atoms with van der Waals surface area (Å²) in [6.07, 6.45) is 4.14. The van der Waals surface area contributed by atoms with E-state index in [0.29, 0.717) is 11.1 Å². The molecular formula is C9H20ClNO4. The fourth-order valence-electron chi connectivity index (χ4n) is 2.20. The maximum absolute atomic E-state index is 8.49. The third-order valence-electron chi connectivity index (χ3n) is 2.42. The molecular weight excluding hydrogens is 222 g/mol. The van der Waals surface area contributed by atoms with Gasteiger partial charge in [0.25, 0.3) is 0 Å². The summed E-state index contributed by atoms with van der Waals surface area (Å²) in [4.78, 5) is 0. The monoisotopic (exact) mass is 241 g/mol. The highest BCUT2D eigenvalue weighted by Crippen LogP contribution is 2.20. The molecule has 0 unspecified atom stereocenters. The minimum Gasteiger partial charge on any atom is -0.337 e. The number of hydrogen-bond donors (Lipinski definition) is 1. The van der Waals surface area contributed by atoms with E-state index < -0.39 is 10.2 Å². The van der Waals surface area contributed by atoms with E-state index in [2.05, 4.69) is 33.0 Å². The van der Waals surface area contributed by atoms with Crippen molar-refractivity contribution in [2.75, 3.05) is 0 Å². The van der Waals surface area contributed by atoms with E-state index >= 15 is 0 Å². The molecule has 1 fully saturated rings. The van der Waals surface area contributed by atoms with Crippen LogP contribution >= 0.6 is 0 Å².